The molecule has 2 N–H and O–H groups in total. The molecule has 0 heterocycles. The third-order valence-electron chi connectivity index (χ3n) is 2.28. The Hall–Kier alpha value is -1.26. The fourth-order valence-corrected chi connectivity index (χ4v) is 1.53. The number of halogens is 1. The highest BCUT2D eigenvalue weighted by Crippen LogP contribution is 2.26. The van der Waals surface area contributed by atoms with Gasteiger partial charge < -0.3 is 15.4 Å². The van der Waals surface area contributed by atoms with E-state index in [0.717, 1.165) is 13.0 Å². The molecule has 1 aromatic rings. The van der Waals surface area contributed by atoms with Crippen LogP contribution in [0.3, 0.4) is 0 Å². The van der Waals surface area contributed by atoms with Gasteiger partial charge in [0.25, 0.3) is 0 Å². The van der Waals surface area contributed by atoms with Gasteiger partial charge in [-0.05, 0) is 32.1 Å². The topological polar surface area (TPSA) is 50.4 Å². The van der Waals surface area contributed by atoms with Crippen LogP contribution in [0.15, 0.2) is 18.2 Å². The number of hydrogen-bond acceptors (Lipinski definition) is 3. The van der Waals surface area contributed by atoms with Crippen LogP contribution in [0.5, 0.6) is 5.75 Å². The normalized spacial score (nSPS) is 10.1. The lowest BCUT2D eigenvalue weighted by Gasteiger charge is -2.09. The first-order chi connectivity index (χ1) is 8.17. The van der Waals surface area contributed by atoms with Gasteiger partial charge in [-0.25, -0.2) is 0 Å². The molecule has 0 spiro atoms. The van der Waals surface area contributed by atoms with Crippen LogP contribution in [-0.4, -0.2) is 26.6 Å². The summed E-state index contributed by atoms with van der Waals surface area (Å²) in [6.45, 7) is 0.819. The van der Waals surface area contributed by atoms with Crippen molar-refractivity contribution in [2.75, 3.05) is 26.0 Å². The van der Waals surface area contributed by atoms with Gasteiger partial charge in [0.1, 0.15) is 5.75 Å². The van der Waals surface area contributed by atoms with Crippen molar-refractivity contribution in [1.82, 2.24) is 5.32 Å². The van der Waals surface area contributed by atoms with Crippen LogP contribution in [0.25, 0.3) is 0 Å². The summed E-state index contributed by atoms with van der Waals surface area (Å²) >= 11 is 5.98. The minimum atomic E-state index is -0.0459. The zero-order chi connectivity index (χ0) is 12.7. The smallest absolute Gasteiger partial charge is 0.224 e. The van der Waals surface area contributed by atoms with Crippen LogP contribution in [-0.2, 0) is 4.79 Å². The molecule has 0 bridgehead atoms. The summed E-state index contributed by atoms with van der Waals surface area (Å²) < 4.78 is 5.07. The summed E-state index contributed by atoms with van der Waals surface area (Å²) in [6, 6.07) is 5.15. The molecule has 1 amide bonds. The van der Waals surface area contributed by atoms with E-state index in [1.54, 1.807) is 25.3 Å². The number of amides is 1. The molecule has 0 saturated carbocycles. The molecular formula is C12H17ClN2O2. The minimum absolute atomic E-state index is 0.0459. The number of nitrogens with one attached hydrogen (secondary N) is 2. The Morgan fingerprint density at radius 2 is 2.24 bits per heavy atom. The Bertz CT molecular complexity index is 383. The lowest BCUT2D eigenvalue weighted by Crippen LogP contribution is -2.15. The van der Waals surface area contributed by atoms with E-state index >= 15 is 0 Å². The van der Waals surface area contributed by atoms with E-state index in [2.05, 4.69) is 10.6 Å². The van der Waals surface area contributed by atoms with E-state index in [1.165, 1.54) is 0 Å². The molecule has 0 radical (unpaired) electrons. The Morgan fingerprint density at radius 1 is 1.47 bits per heavy atom. The summed E-state index contributed by atoms with van der Waals surface area (Å²) in [5, 5.41) is 6.26. The van der Waals surface area contributed by atoms with Gasteiger partial charge in [-0.1, -0.05) is 11.6 Å². The quantitative estimate of drug-likeness (QED) is 0.768. The number of ether oxygens (including phenoxy) is 1. The van der Waals surface area contributed by atoms with E-state index in [4.69, 9.17) is 16.3 Å². The standard InChI is InChI=1S/C12H17ClN2O2/c1-14-7-3-4-12(16)15-11-8-9(17-2)5-6-10(11)13/h5-6,8,14H,3-4,7H2,1-2H3,(H,15,16). The van der Waals surface area contributed by atoms with Crippen molar-refractivity contribution in [2.45, 2.75) is 12.8 Å². The van der Waals surface area contributed by atoms with Crippen LogP contribution in [0.4, 0.5) is 5.69 Å². The van der Waals surface area contributed by atoms with Crippen LogP contribution in [0.1, 0.15) is 12.8 Å². The Balaban J connectivity index is 2.57. The number of rotatable bonds is 6. The maximum atomic E-state index is 11.6. The van der Waals surface area contributed by atoms with Crippen molar-refractivity contribution in [1.29, 1.82) is 0 Å². The van der Waals surface area contributed by atoms with Crippen LogP contribution in [0, 0.1) is 0 Å². The third kappa shape index (κ3) is 4.63. The van der Waals surface area contributed by atoms with Crippen molar-refractivity contribution >= 4 is 23.2 Å². The highest BCUT2D eigenvalue weighted by molar-refractivity contribution is 6.33. The largest absolute Gasteiger partial charge is 0.497 e. The van der Waals surface area contributed by atoms with Crippen molar-refractivity contribution in [2.24, 2.45) is 0 Å². The molecule has 0 fully saturated rings. The molecule has 1 rings (SSSR count). The van der Waals surface area contributed by atoms with Gasteiger partial charge >= 0.3 is 0 Å². The number of methoxy groups -OCH3 is 1. The lowest BCUT2D eigenvalue weighted by molar-refractivity contribution is -0.116. The number of benzene rings is 1. The fraction of sp³-hybridized carbons (Fsp3) is 0.417. The van der Waals surface area contributed by atoms with Gasteiger partial charge in [-0.3, -0.25) is 4.79 Å². The first-order valence-corrected chi connectivity index (χ1v) is 5.83. The first-order valence-electron chi connectivity index (χ1n) is 5.45. The number of anilines is 1. The molecule has 94 valence electrons. The predicted octanol–water partition coefficient (Wildman–Crippen LogP) is 2.29. The van der Waals surface area contributed by atoms with Gasteiger partial charge in [0.05, 0.1) is 17.8 Å². The summed E-state index contributed by atoms with van der Waals surface area (Å²) in [4.78, 5) is 11.6. The summed E-state index contributed by atoms with van der Waals surface area (Å²) in [5.41, 5.74) is 0.584. The molecule has 0 aliphatic heterocycles. The van der Waals surface area contributed by atoms with E-state index in [0.29, 0.717) is 22.9 Å². The van der Waals surface area contributed by atoms with Crippen molar-refractivity contribution in [3.63, 3.8) is 0 Å². The number of carbonyl (C=O) groups excluding carboxylic acids is 1. The SMILES string of the molecule is CNCCCC(=O)Nc1cc(OC)ccc1Cl. The second-order valence-corrected chi connectivity index (χ2v) is 4.01. The molecule has 5 heteroatoms. The summed E-state index contributed by atoms with van der Waals surface area (Å²) in [6.07, 6.45) is 1.26. The zero-order valence-electron chi connectivity index (χ0n) is 10.0. The molecule has 0 unspecified atom stereocenters. The van der Waals surface area contributed by atoms with Gasteiger partial charge in [0.15, 0.2) is 0 Å². The molecule has 4 nitrogen and oxygen atoms in total. The van der Waals surface area contributed by atoms with Gasteiger partial charge in [0, 0.05) is 12.5 Å². The molecule has 17 heavy (non-hydrogen) atoms. The average Bonchev–Trinajstić information content (AvgIpc) is 2.32. The maximum absolute atomic E-state index is 11.6. The molecule has 0 aliphatic rings. The molecule has 1 aromatic carbocycles. The van der Waals surface area contributed by atoms with Crippen molar-refractivity contribution in [3.05, 3.63) is 23.2 Å². The van der Waals surface area contributed by atoms with Crippen LogP contribution >= 0.6 is 11.6 Å². The van der Waals surface area contributed by atoms with E-state index in [9.17, 15) is 4.79 Å². The highest BCUT2D eigenvalue weighted by Gasteiger charge is 2.06. The highest BCUT2D eigenvalue weighted by atomic mass is 35.5. The average molecular weight is 257 g/mol. The van der Waals surface area contributed by atoms with Crippen LogP contribution < -0.4 is 15.4 Å². The van der Waals surface area contributed by atoms with E-state index in [-0.39, 0.29) is 5.91 Å². The first kappa shape index (κ1) is 13.8. The number of carbonyl (C=O) groups is 1. The lowest BCUT2D eigenvalue weighted by atomic mass is 10.2. The Morgan fingerprint density at radius 3 is 2.88 bits per heavy atom. The van der Waals surface area contributed by atoms with Crippen molar-refractivity contribution in [3.8, 4) is 5.75 Å². The van der Waals surface area contributed by atoms with Crippen molar-refractivity contribution < 1.29 is 9.53 Å². The predicted molar refractivity (Wildman–Crippen MR) is 69.8 cm³/mol. The van der Waals surface area contributed by atoms with E-state index in [1.807, 2.05) is 7.05 Å². The maximum Gasteiger partial charge on any atom is 0.224 e. The molecular weight excluding hydrogens is 240 g/mol. The Labute approximate surface area is 106 Å². The fourth-order valence-electron chi connectivity index (χ4n) is 1.37. The van der Waals surface area contributed by atoms with Gasteiger partial charge in [0.2, 0.25) is 5.91 Å². The van der Waals surface area contributed by atoms with E-state index < -0.39 is 0 Å². The Kier molecular flexibility index (Phi) is 5.80. The third-order valence-corrected chi connectivity index (χ3v) is 2.61. The summed E-state index contributed by atoms with van der Waals surface area (Å²) in [7, 11) is 3.43. The molecule has 0 atom stereocenters. The van der Waals surface area contributed by atoms with Crippen LogP contribution in [0.2, 0.25) is 5.02 Å². The zero-order valence-corrected chi connectivity index (χ0v) is 10.8. The molecule has 0 saturated heterocycles. The second kappa shape index (κ2) is 7.14. The molecule has 0 aromatic heterocycles. The van der Waals surface area contributed by atoms with Gasteiger partial charge in [-0.2, -0.15) is 0 Å². The molecule has 0 aliphatic carbocycles. The van der Waals surface area contributed by atoms with Gasteiger partial charge in [-0.15, -0.1) is 0 Å². The summed E-state index contributed by atoms with van der Waals surface area (Å²) in [5.74, 6) is 0.621. The number of hydrogen-bond donors (Lipinski definition) is 2. The monoisotopic (exact) mass is 256 g/mol. The minimum Gasteiger partial charge on any atom is -0.497 e. The second-order valence-electron chi connectivity index (χ2n) is 3.60.